The van der Waals surface area contributed by atoms with E-state index >= 15 is 0 Å². The van der Waals surface area contributed by atoms with Crippen LogP contribution in [0.1, 0.15) is 12.0 Å². The number of amides is 1. The van der Waals surface area contributed by atoms with Gasteiger partial charge in [-0.15, -0.1) is 13.2 Å². The Labute approximate surface area is 136 Å². The van der Waals surface area contributed by atoms with E-state index in [1.54, 1.807) is 0 Å². The molecular formula is C15H18F3NO5. The van der Waals surface area contributed by atoms with Crippen molar-refractivity contribution in [2.45, 2.75) is 19.2 Å². The molecule has 0 heterocycles. The van der Waals surface area contributed by atoms with Crippen molar-refractivity contribution < 1.29 is 37.3 Å². The first kappa shape index (κ1) is 19.8. The lowest BCUT2D eigenvalue weighted by Crippen LogP contribution is -2.38. The largest absolute Gasteiger partial charge is 0.573 e. The highest BCUT2D eigenvalue weighted by atomic mass is 19.4. The number of aryl methyl sites for hydroxylation is 1. The predicted octanol–water partition coefficient (Wildman–Crippen LogP) is 2.08. The summed E-state index contributed by atoms with van der Waals surface area (Å²) in [5, 5.41) is 8.80. The molecule has 1 N–H and O–H groups in total. The molecule has 6 nitrogen and oxygen atoms in total. The van der Waals surface area contributed by atoms with Crippen LogP contribution in [0, 0.1) is 0 Å². The summed E-state index contributed by atoms with van der Waals surface area (Å²) in [7, 11) is 1.44. The van der Waals surface area contributed by atoms with Gasteiger partial charge in [0.05, 0.1) is 6.61 Å². The van der Waals surface area contributed by atoms with Gasteiger partial charge in [-0.3, -0.25) is 9.59 Å². The third kappa shape index (κ3) is 7.82. The number of benzene rings is 1. The third-order valence-electron chi connectivity index (χ3n) is 3.03. The summed E-state index contributed by atoms with van der Waals surface area (Å²) >= 11 is 0. The first-order valence-electron chi connectivity index (χ1n) is 7.04. The van der Waals surface area contributed by atoms with Gasteiger partial charge < -0.3 is 19.5 Å². The number of ether oxygens (including phenoxy) is 2. The average Bonchev–Trinajstić information content (AvgIpc) is 2.48. The van der Waals surface area contributed by atoms with E-state index in [1.165, 1.54) is 19.2 Å². The summed E-state index contributed by atoms with van der Waals surface area (Å²) in [5.41, 5.74) is 0.639. The number of rotatable bonds is 9. The highest BCUT2D eigenvalue weighted by Crippen LogP contribution is 2.23. The number of carboxylic acids is 1. The average molecular weight is 349 g/mol. The van der Waals surface area contributed by atoms with E-state index in [2.05, 4.69) is 4.74 Å². The van der Waals surface area contributed by atoms with Crippen LogP contribution in [0.2, 0.25) is 0 Å². The van der Waals surface area contributed by atoms with Crippen molar-refractivity contribution >= 4 is 11.9 Å². The van der Waals surface area contributed by atoms with Crippen LogP contribution < -0.4 is 4.74 Å². The Hall–Kier alpha value is -2.29. The molecular weight excluding hydrogens is 331 g/mol. The molecule has 0 atom stereocenters. The molecule has 0 aromatic heterocycles. The molecule has 134 valence electrons. The third-order valence-corrected chi connectivity index (χ3v) is 3.03. The van der Waals surface area contributed by atoms with Crippen molar-refractivity contribution in [2.75, 3.05) is 26.8 Å². The van der Waals surface area contributed by atoms with Crippen LogP contribution in [0.25, 0.3) is 0 Å². The van der Waals surface area contributed by atoms with Crippen molar-refractivity contribution in [3.8, 4) is 5.75 Å². The maximum absolute atomic E-state index is 12.1. The molecule has 0 saturated heterocycles. The van der Waals surface area contributed by atoms with Gasteiger partial charge in [0.1, 0.15) is 12.3 Å². The molecule has 1 aromatic rings. The monoisotopic (exact) mass is 349 g/mol. The predicted molar refractivity (Wildman–Crippen MR) is 77.5 cm³/mol. The van der Waals surface area contributed by atoms with Crippen LogP contribution >= 0.6 is 0 Å². The molecule has 1 aromatic carbocycles. The summed E-state index contributed by atoms with van der Waals surface area (Å²) in [5.74, 6) is -1.84. The van der Waals surface area contributed by atoms with Gasteiger partial charge in [0.2, 0.25) is 5.91 Å². The summed E-state index contributed by atoms with van der Waals surface area (Å²) < 4.78 is 44.8. The van der Waals surface area contributed by atoms with Crippen LogP contribution in [-0.2, 0) is 20.7 Å². The van der Waals surface area contributed by atoms with E-state index in [9.17, 15) is 22.8 Å². The zero-order chi connectivity index (χ0) is 18.2. The van der Waals surface area contributed by atoms with Crippen LogP contribution in [0.3, 0.4) is 0 Å². The van der Waals surface area contributed by atoms with Gasteiger partial charge in [-0.2, -0.15) is 0 Å². The van der Waals surface area contributed by atoms with Crippen molar-refractivity contribution in [1.29, 1.82) is 0 Å². The van der Waals surface area contributed by atoms with E-state index in [-0.39, 0.29) is 37.6 Å². The fraction of sp³-hybridized carbons (Fsp3) is 0.467. The Bertz CT molecular complexity index is 545. The van der Waals surface area contributed by atoms with Crippen molar-refractivity contribution in [3.05, 3.63) is 29.8 Å². The first-order valence-corrected chi connectivity index (χ1v) is 7.04. The maximum Gasteiger partial charge on any atom is 0.573 e. The highest BCUT2D eigenvalue weighted by Gasteiger charge is 2.30. The molecule has 1 rings (SSSR count). The van der Waals surface area contributed by atoms with Gasteiger partial charge in [-0.05, 0) is 24.1 Å². The molecule has 0 spiro atoms. The molecule has 0 radical (unpaired) electrons. The second kappa shape index (κ2) is 9.11. The van der Waals surface area contributed by atoms with Crippen LogP contribution in [0.4, 0.5) is 13.2 Å². The number of carbonyl (C=O) groups excluding carboxylic acids is 1. The quantitative estimate of drug-likeness (QED) is 0.739. The lowest BCUT2D eigenvalue weighted by molar-refractivity contribution is -0.274. The molecule has 1 amide bonds. The summed E-state index contributed by atoms with van der Waals surface area (Å²) in [4.78, 5) is 24.0. The number of halogens is 3. The Morgan fingerprint density at radius 1 is 1.21 bits per heavy atom. The number of carboxylic acid groups (broad SMARTS) is 1. The fourth-order valence-corrected chi connectivity index (χ4v) is 1.92. The van der Waals surface area contributed by atoms with Crippen LogP contribution in [0.15, 0.2) is 24.3 Å². The summed E-state index contributed by atoms with van der Waals surface area (Å²) in [6.45, 7) is -0.0664. The van der Waals surface area contributed by atoms with Gasteiger partial charge in [0, 0.05) is 20.1 Å². The van der Waals surface area contributed by atoms with Crippen LogP contribution in [-0.4, -0.2) is 55.1 Å². The van der Waals surface area contributed by atoms with Crippen LogP contribution in [0.5, 0.6) is 5.75 Å². The van der Waals surface area contributed by atoms with Gasteiger partial charge >= 0.3 is 12.3 Å². The van der Waals surface area contributed by atoms with Gasteiger partial charge in [-0.1, -0.05) is 12.1 Å². The Morgan fingerprint density at radius 3 is 2.33 bits per heavy atom. The van der Waals surface area contributed by atoms with Crippen molar-refractivity contribution in [1.82, 2.24) is 4.90 Å². The first-order chi connectivity index (χ1) is 11.2. The second-order valence-corrected chi connectivity index (χ2v) is 4.89. The number of hydrogen-bond acceptors (Lipinski definition) is 4. The fourth-order valence-electron chi connectivity index (χ4n) is 1.92. The number of alkyl halides is 3. The molecule has 9 heteroatoms. The zero-order valence-corrected chi connectivity index (χ0v) is 13.0. The number of methoxy groups -OCH3 is 1. The van der Waals surface area contributed by atoms with Gasteiger partial charge in [-0.25, -0.2) is 0 Å². The minimum atomic E-state index is -4.75. The van der Waals surface area contributed by atoms with Crippen molar-refractivity contribution in [2.24, 2.45) is 0 Å². The van der Waals surface area contributed by atoms with E-state index < -0.39 is 18.9 Å². The van der Waals surface area contributed by atoms with Gasteiger partial charge in [0.15, 0.2) is 0 Å². The molecule has 0 saturated carbocycles. The normalized spacial score (nSPS) is 11.2. The number of aliphatic carboxylic acids is 1. The number of hydrogen-bond donors (Lipinski definition) is 1. The summed E-state index contributed by atoms with van der Waals surface area (Å²) in [6, 6.07) is 5.16. The standard InChI is InChI=1S/C15H18F3NO5/c1-23-9-8-19(10-14(21)22)13(20)7-4-11-2-5-12(6-3-11)24-15(16,17)18/h2-3,5-6H,4,7-10H2,1H3,(H,21,22). The molecule has 0 unspecified atom stereocenters. The Kier molecular flexibility index (Phi) is 7.50. The Morgan fingerprint density at radius 2 is 1.83 bits per heavy atom. The summed E-state index contributed by atoms with van der Waals surface area (Å²) in [6.07, 6.45) is -4.44. The maximum atomic E-state index is 12.1. The minimum Gasteiger partial charge on any atom is -0.480 e. The van der Waals surface area contributed by atoms with E-state index in [0.717, 1.165) is 17.0 Å². The van der Waals surface area contributed by atoms with E-state index in [1.807, 2.05) is 0 Å². The number of carbonyl (C=O) groups is 2. The molecule has 0 fully saturated rings. The second-order valence-electron chi connectivity index (χ2n) is 4.89. The van der Waals surface area contributed by atoms with E-state index in [4.69, 9.17) is 9.84 Å². The lowest BCUT2D eigenvalue weighted by Gasteiger charge is -2.20. The highest BCUT2D eigenvalue weighted by molar-refractivity contribution is 5.81. The SMILES string of the molecule is COCCN(CC(=O)O)C(=O)CCc1ccc(OC(F)(F)F)cc1. The molecule has 0 aliphatic rings. The Balaban J connectivity index is 2.56. The lowest BCUT2D eigenvalue weighted by atomic mass is 10.1. The topological polar surface area (TPSA) is 76.1 Å². The zero-order valence-electron chi connectivity index (χ0n) is 13.0. The van der Waals surface area contributed by atoms with Gasteiger partial charge in [0.25, 0.3) is 0 Å². The molecule has 0 aliphatic heterocycles. The smallest absolute Gasteiger partial charge is 0.480 e. The molecule has 0 bridgehead atoms. The van der Waals surface area contributed by atoms with E-state index in [0.29, 0.717) is 5.56 Å². The minimum absolute atomic E-state index is 0.0382. The van der Waals surface area contributed by atoms with Crippen molar-refractivity contribution in [3.63, 3.8) is 0 Å². The number of nitrogens with zero attached hydrogens (tertiary/aromatic N) is 1. The molecule has 0 aliphatic carbocycles. The molecule has 24 heavy (non-hydrogen) atoms.